The molecule has 0 aliphatic rings. The second-order valence-electron chi connectivity index (χ2n) is 4.22. The van der Waals surface area contributed by atoms with E-state index in [1.807, 2.05) is 42.5 Å². The normalized spacial score (nSPS) is 12.1. The molecule has 0 saturated carbocycles. The minimum absolute atomic E-state index is 0.502. The van der Waals surface area contributed by atoms with Gasteiger partial charge in [-0.05, 0) is 25.1 Å². The van der Waals surface area contributed by atoms with Crippen molar-refractivity contribution in [2.75, 3.05) is 12.4 Å². The molecule has 0 aliphatic carbocycles. The molecule has 2 rings (SSSR count). The fourth-order valence-electron chi connectivity index (χ4n) is 1.78. The van der Waals surface area contributed by atoms with Gasteiger partial charge in [-0.15, -0.1) is 11.8 Å². The number of rotatable bonds is 6. The Labute approximate surface area is 118 Å². The Hall–Kier alpha value is -1.45. The van der Waals surface area contributed by atoms with Gasteiger partial charge in [0.05, 0.1) is 12.7 Å². The van der Waals surface area contributed by atoms with Crippen LogP contribution in [0.4, 0.5) is 0 Å². The first-order valence-electron chi connectivity index (χ1n) is 6.35. The number of ether oxygens (including phenoxy) is 1. The summed E-state index contributed by atoms with van der Waals surface area (Å²) in [5, 5.41) is 9.65. The van der Waals surface area contributed by atoms with Gasteiger partial charge in [0, 0.05) is 16.2 Å². The van der Waals surface area contributed by atoms with Crippen LogP contribution in [0.25, 0.3) is 0 Å². The molecule has 1 atom stereocenters. The Balaban J connectivity index is 1.83. The van der Waals surface area contributed by atoms with Crippen molar-refractivity contribution in [3.8, 4) is 5.75 Å². The van der Waals surface area contributed by atoms with Crippen molar-refractivity contribution in [3.63, 3.8) is 0 Å². The molecule has 2 aromatic carbocycles. The molecule has 0 unspecified atom stereocenters. The molecule has 2 nitrogen and oxygen atoms in total. The number of aliphatic hydroxyl groups excluding tert-OH is 1. The third kappa shape index (κ3) is 4.30. The number of para-hydroxylation sites is 1. The predicted molar refractivity (Wildman–Crippen MR) is 79.7 cm³/mol. The Morgan fingerprint density at radius 3 is 2.47 bits per heavy atom. The summed E-state index contributed by atoms with van der Waals surface area (Å²) in [6.07, 6.45) is -0.502. The first-order valence-corrected chi connectivity index (χ1v) is 7.33. The van der Waals surface area contributed by atoms with Crippen molar-refractivity contribution in [2.45, 2.75) is 17.9 Å². The Bertz CT molecular complexity index is 497. The van der Waals surface area contributed by atoms with Gasteiger partial charge in [0.2, 0.25) is 0 Å². The monoisotopic (exact) mass is 274 g/mol. The van der Waals surface area contributed by atoms with Crippen molar-refractivity contribution >= 4 is 11.8 Å². The zero-order chi connectivity index (χ0) is 13.5. The summed E-state index contributed by atoms with van der Waals surface area (Å²) >= 11 is 1.77. The first kappa shape index (κ1) is 14.0. The minimum Gasteiger partial charge on any atom is -0.492 e. The molecule has 0 aliphatic heterocycles. The maximum absolute atomic E-state index is 9.65. The van der Waals surface area contributed by atoms with E-state index in [2.05, 4.69) is 12.1 Å². The van der Waals surface area contributed by atoms with Gasteiger partial charge in [0.15, 0.2) is 0 Å². The molecule has 0 saturated heterocycles. The molecule has 0 fully saturated rings. The lowest BCUT2D eigenvalue weighted by atomic mass is 10.1. The van der Waals surface area contributed by atoms with E-state index in [0.717, 1.165) is 17.1 Å². The average Bonchev–Trinajstić information content (AvgIpc) is 2.45. The molecular formula is C16H18O2S. The highest BCUT2D eigenvalue weighted by atomic mass is 32.2. The average molecular weight is 274 g/mol. The molecule has 3 heteroatoms. The Morgan fingerprint density at radius 2 is 1.74 bits per heavy atom. The summed E-state index contributed by atoms with van der Waals surface area (Å²) in [6, 6.07) is 17.9. The van der Waals surface area contributed by atoms with Gasteiger partial charge in [0.1, 0.15) is 5.75 Å². The number of thioether (sulfide) groups is 1. The van der Waals surface area contributed by atoms with E-state index in [4.69, 9.17) is 4.74 Å². The van der Waals surface area contributed by atoms with Crippen LogP contribution in [0, 0.1) is 0 Å². The van der Waals surface area contributed by atoms with E-state index >= 15 is 0 Å². The van der Waals surface area contributed by atoms with Crippen molar-refractivity contribution in [2.24, 2.45) is 0 Å². The van der Waals surface area contributed by atoms with Crippen LogP contribution in [0.2, 0.25) is 0 Å². The highest BCUT2D eigenvalue weighted by molar-refractivity contribution is 7.99. The summed E-state index contributed by atoms with van der Waals surface area (Å²) in [5.41, 5.74) is 0.840. The lowest BCUT2D eigenvalue weighted by Crippen LogP contribution is -2.03. The Kier molecular flexibility index (Phi) is 5.31. The van der Waals surface area contributed by atoms with Crippen molar-refractivity contribution in [3.05, 3.63) is 60.2 Å². The SMILES string of the molecule is C[C@@H](O)c1ccccc1OCCSc1ccccc1. The lowest BCUT2D eigenvalue weighted by molar-refractivity contribution is 0.192. The van der Waals surface area contributed by atoms with Gasteiger partial charge in [-0.25, -0.2) is 0 Å². The first-order chi connectivity index (χ1) is 9.27. The highest BCUT2D eigenvalue weighted by Crippen LogP contribution is 2.25. The maximum Gasteiger partial charge on any atom is 0.125 e. The molecule has 0 spiro atoms. The second kappa shape index (κ2) is 7.22. The standard InChI is InChI=1S/C16H18O2S/c1-13(17)15-9-5-6-10-16(15)18-11-12-19-14-7-3-2-4-8-14/h2-10,13,17H,11-12H2,1H3/t13-/m1/s1. The van der Waals surface area contributed by atoms with Gasteiger partial charge < -0.3 is 9.84 Å². The molecule has 0 radical (unpaired) electrons. The topological polar surface area (TPSA) is 29.5 Å². The van der Waals surface area contributed by atoms with E-state index in [1.165, 1.54) is 4.90 Å². The van der Waals surface area contributed by atoms with Crippen molar-refractivity contribution in [1.29, 1.82) is 0 Å². The van der Waals surface area contributed by atoms with Gasteiger partial charge in [-0.1, -0.05) is 36.4 Å². The van der Waals surface area contributed by atoms with Crippen LogP contribution in [-0.2, 0) is 0 Å². The molecule has 100 valence electrons. The molecule has 0 aromatic heterocycles. The Morgan fingerprint density at radius 1 is 1.05 bits per heavy atom. The van der Waals surface area contributed by atoms with Gasteiger partial charge in [0.25, 0.3) is 0 Å². The lowest BCUT2D eigenvalue weighted by Gasteiger charge is -2.13. The molecular weight excluding hydrogens is 256 g/mol. The van der Waals surface area contributed by atoms with E-state index in [0.29, 0.717) is 6.61 Å². The van der Waals surface area contributed by atoms with Crippen LogP contribution in [0.15, 0.2) is 59.5 Å². The molecule has 0 bridgehead atoms. The maximum atomic E-state index is 9.65. The summed E-state index contributed by atoms with van der Waals surface area (Å²) in [7, 11) is 0. The zero-order valence-corrected chi connectivity index (χ0v) is 11.8. The van der Waals surface area contributed by atoms with Crippen molar-refractivity contribution in [1.82, 2.24) is 0 Å². The number of aliphatic hydroxyl groups is 1. The third-order valence-corrected chi connectivity index (χ3v) is 3.70. The van der Waals surface area contributed by atoms with Crippen LogP contribution < -0.4 is 4.74 Å². The van der Waals surface area contributed by atoms with E-state index < -0.39 is 6.10 Å². The predicted octanol–water partition coefficient (Wildman–Crippen LogP) is 3.91. The number of benzene rings is 2. The fraction of sp³-hybridized carbons (Fsp3) is 0.250. The second-order valence-corrected chi connectivity index (χ2v) is 5.39. The molecule has 0 amide bonds. The van der Waals surface area contributed by atoms with E-state index in [1.54, 1.807) is 18.7 Å². The smallest absolute Gasteiger partial charge is 0.125 e. The van der Waals surface area contributed by atoms with Gasteiger partial charge >= 0.3 is 0 Å². The summed E-state index contributed by atoms with van der Waals surface area (Å²) in [6.45, 7) is 2.38. The van der Waals surface area contributed by atoms with Gasteiger partial charge in [-0.3, -0.25) is 0 Å². The largest absolute Gasteiger partial charge is 0.492 e. The molecule has 0 heterocycles. The van der Waals surface area contributed by atoms with E-state index in [-0.39, 0.29) is 0 Å². The van der Waals surface area contributed by atoms with Crippen molar-refractivity contribution < 1.29 is 9.84 Å². The highest BCUT2D eigenvalue weighted by Gasteiger charge is 2.07. The molecule has 1 N–H and O–H groups in total. The van der Waals surface area contributed by atoms with Crippen LogP contribution in [-0.4, -0.2) is 17.5 Å². The fourth-order valence-corrected chi connectivity index (χ4v) is 2.54. The summed E-state index contributed by atoms with van der Waals surface area (Å²) in [4.78, 5) is 1.25. The molecule has 19 heavy (non-hydrogen) atoms. The number of hydrogen-bond donors (Lipinski definition) is 1. The number of hydrogen-bond acceptors (Lipinski definition) is 3. The quantitative estimate of drug-likeness (QED) is 0.639. The van der Waals surface area contributed by atoms with E-state index in [9.17, 15) is 5.11 Å². The minimum atomic E-state index is -0.502. The summed E-state index contributed by atoms with van der Waals surface area (Å²) < 4.78 is 5.74. The summed E-state index contributed by atoms with van der Waals surface area (Å²) in [5.74, 6) is 1.66. The van der Waals surface area contributed by atoms with Gasteiger partial charge in [-0.2, -0.15) is 0 Å². The van der Waals surface area contributed by atoms with Crippen LogP contribution >= 0.6 is 11.8 Å². The molecule has 2 aromatic rings. The van der Waals surface area contributed by atoms with Crippen LogP contribution in [0.3, 0.4) is 0 Å². The third-order valence-electron chi connectivity index (χ3n) is 2.72. The van der Waals surface area contributed by atoms with Crippen LogP contribution in [0.5, 0.6) is 5.75 Å². The zero-order valence-electron chi connectivity index (χ0n) is 11.0. The van der Waals surface area contributed by atoms with Crippen LogP contribution in [0.1, 0.15) is 18.6 Å².